The van der Waals surface area contributed by atoms with Gasteiger partial charge >= 0.3 is 0 Å². The summed E-state index contributed by atoms with van der Waals surface area (Å²) in [5.41, 5.74) is 1.57. The molecule has 19 heavy (non-hydrogen) atoms. The Morgan fingerprint density at radius 1 is 1.47 bits per heavy atom. The van der Waals surface area contributed by atoms with Crippen molar-refractivity contribution in [2.24, 2.45) is 0 Å². The van der Waals surface area contributed by atoms with Crippen LogP contribution in [0.1, 0.15) is 38.9 Å². The molecule has 0 fully saturated rings. The molecule has 0 spiro atoms. The molecule has 0 aromatic carbocycles. The van der Waals surface area contributed by atoms with Crippen molar-refractivity contribution >= 4 is 33.2 Å². The Labute approximate surface area is 124 Å². The second kappa shape index (κ2) is 5.79. The number of nitrogens with zero attached hydrogens (tertiary/aromatic N) is 2. The van der Waals surface area contributed by atoms with E-state index in [1.165, 1.54) is 0 Å². The highest BCUT2D eigenvalue weighted by molar-refractivity contribution is 9.10. The van der Waals surface area contributed by atoms with Crippen LogP contribution >= 0.6 is 27.3 Å². The summed E-state index contributed by atoms with van der Waals surface area (Å²) in [6.45, 7) is 5.90. The third-order valence-corrected chi connectivity index (χ3v) is 4.36. The maximum Gasteiger partial charge on any atom is 0.251 e. The molecule has 1 amide bonds. The molecule has 1 N–H and O–H groups in total. The fraction of sp³-hybridized carbons (Fsp3) is 0.308. The molecule has 0 aliphatic rings. The molecule has 100 valence electrons. The zero-order valence-electron chi connectivity index (χ0n) is 10.9. The quantitative estimate of drug-likeness (QED) is 0.871. The molecule has 1 atom stereocenters. The number of aryl methyl sites for hydroxylation is 2. The van der Waals surface area contributed by atoms with Crippen LogP contribution in [0.5, 0.6) is 0 Å². The minimum atomic E-state index is -0.110. The summed E-state index contributed by atoms with van der Waals surface area (Å²) in [5, 5.41) is 3.99. The lowest BCUT2D eigenvalue weighted by Gasteiger charge is -2.13. The van der Waals surface area contributed by atoms with Crippen LogP contribution < -0.4 is 5.32 Å². The standard InChI is InChI=1S/C13H14BrN3OS/c1-7-12(19-9(3)16-7)8(2)17-13(18)10-4-5-15-11(14)6-10/h4-6,8H,1-3H3,(H,17,18). The van der Waals surface area contributed by atoms with Crippen molar-refractivity contribution in [2.45, 2.75) is 26.8 Å². The number of halogens is 1. The summed E-state index contributed by atoms with van der Waals surface area (Å²) < 4.78 is 0.651. The fourth-order valence-electron chi connectivity index (χ4n) is 1.84. The van der Waals surface area contributed by atoms with Crippen LogP contribution in [0, 0.1) is 13.8 Å². The van der Waals surface area contributed by atoms with Crippen LogP contribution in [0.25, 0.3) is 0 Å². The third kappa shape index (κ3) is 3.39. The molecule has 4 nitrogen and oxygen atoms in total. The summed E-state index contributed by atoms with van der Waals surface area (Å²) in [4.78, 5) is 21.6. The number of rotatable bonds is 3. The Balaban J connectivity index is 2.13. The van der Waals surface area contributed by atoms with Crippen molar-refractivity contribution in [1.29, 1.82) is 0 Å². The third-order valence-electron chi connectivity index (χ3n) is 2.67. The number of carbonyl (C=O) groups is 1. The molecule has 0 saturated carbocycles. The van der Waals surface area contributed by atoms with E-state index in [9.17, 15) is 4.79 Å². The number of hydrogen-bond donors (Lipinski definition) is 1. The van der Waals surface area contributed by atoms with Gasteiger partial charge in [0.1, 0.15) is 4.60 Å². The summed E-state index contributed by atoms with van der Waals surface area (Å²) in [6, 6.07) is 3.34. The van der Waals surface area contributed by atoms with Gasteiger partial charge in [-0.3, -0.25) is 4.79 Å². The van der Waals surface area contributed by atoms with Crippen molar-refractivity contribution in [3.63, 3.8) is 0 Å². The monoisotopic (exact) mass is 339 g/mol. The number of thiazole rings is 1. The van der Waals surface area contributed by atoms with E-state index in [0.29, 0.717) is 10.2 Å². The first-order chi connectivity index (χ1) is 8.97. The summed E-state index contributed by atoms with van der Waals surface area (Å²) >= 11 is 4.87. The van der Waals surface area contributed by atoms with Crippen LogP contribution in [-0.2, 0) is 0 Å². The first-order valence-electron chi connectivity index (χ1n) is 5.83. The van der Waals surface area contributed by atoms with Gasteiger partial charge in [0.15, 0.2) is 0 Å². The van der Waals surface area contributed by atoms with E-state index in [1.807, 2.05) is 20.8 Å². The van der Waals surface area contributed by atoms with E-state index in [4.69, 9.17) is 0 Å². The predicted octanol–water partition coefficient (Wildman–Crippen LogP) is 3.41. The molecule has 0 aliphatic heterocycles. The Hall–Kier alpha value is -1.27. The first kappa shape index (κ1) is 14.1. The molecule has 6 heteroatoms. The summed E-state index contributed by atoms with van der Waals surface area (Å²) in [6.07, 6.45) is 1.60. The van der Waals surface area contributed by atoms with E-state index in [1.54, 1.807) is 29.7 Å². The van der Waals surface area contributed by atoms with Gasteiger partial charge in [0.05, 0.1) is 16.7 Å². The molecule has 2 rings (SSSR count). The molecule has 0 aliphatic carbocycles. The predicted molar refractivity (Wildman–Crippen MR) is 79.4 cm³/mol. The molecule has 0 radical (unpaired) electrons. The molecule has 0 saturated heterocycles. The number of hydrogen-bond acceptors (Lipinski definition) is 4. The normalized spacial score (nSPS) is 12.2. The van der Waals surface area contributed by atoms with Crippen molar-refractivity contribution in [1.82, 2.24) is 15.3 Å². The van der Waals surface area contributed by atoms with E-state index in [-0.39, 0.29) is 11.9 Å². The van der Waals surface area contributed by atoms with Gasteiger partial charge in [-0.2, -0.15) is 0 Å². The van der Waals surface area contributed by atoms with Crippen molar-refractivity contribution in [3.8, 4) is 0 Å². The second-order valence-electron chi connectivity index (χ2n) is 4.24. The summed E-state index contributed by atoms with van der Waals surface area (Å²) in [7, 11) is 0. The highest BCUT2D eigenvalue weighted by Crippen LogP contribution is 2.24. The summed E-state index contributed by atoms with van der Waals surface area (Å²) in [5.74, 6) is -0.110. The first-order valence-corrected chi connectivity index (χ1v) is 7.44. The lowest BCUT2D eigenvalue weighted by Crippen LogP contribution is -2.26. The number of nitrogens with one attached hydrogen (secondary N) is 1. The van der Waals surface area contributed by atoms with Crippen LogP contribution in [0.3, 0.4) is 0 Å². The van der Waals surface area contributed by atoms with E-state index >= 15 is 0 Å². The van der Waals surface area contributed by atoms with E-state index < -0.39 is 0 Å². The Morgan fingerprint density at radius 2 is 2.21 bits per heavy atom. The highest BCUT2D eigenvalue weighted by atomic mass is 79.9. The smallest absolute Gasteiger partial charge is 0.251 e. The van der Waals surface area contributed by atoms with E-state index in [2.05, 4.69) is 31.2 Å². The van der Waals surface area contributed by atoms with Gasteiger partial charge in [0.25, 0.3) is 5.91 Å². The van der Waals surface area contributed by atoms with Gasteiger partial charge < -0.3 is 5.32 Å². The van der Waals surface area contributed by atoms with Crippen LogP contribution in [0.15, 0.2) is 22.9 Å². The molecule has 2 aromatic rings. The second-order valence-corrected chi connectivity index (χ2v) is 6.29. The highest BCUT2D eigenvalue weighted by Gasteiger charge is 2.16. The van der Waals surface area contributed by atoms with Gasteiger partial charge in [-0.05, 0) is 48.8 Å². The SMILES string of the molecule is Cc1nc(C)c(C(C)NC(=O)c2ccnc(Br)c2)s1. The average Bonchev–Trinajstić information content (AvgIpc) is 2.68. The average molecular weight is 340 g/mol. The van der Waals surface area contributed by atoms with Crippen molar-refractivity contribution in [2.75, 3.05) is 0 Å². The van der Waals surface area contributed by atoms with Gasteiger partial charge in [-0.15, -0.1) is 11.3 Å². The molecular formula is C13H14BrN3OS. The molecule has 2 aromatic heterocycles. The maximum atomic E-state index is 12.1. The molecular weight excluding hydrogens is 326 g/mol. The van der Waals surface area contributed by atoms with Crippen LogP contribution in [0.2, 0.25) is 0 Å². The Morgan fingerprint density at radius 3 is 2.79 bits per heavy atom. The van der Waals surface area contributed by atoms with Crippen molar-refractivity contribution < 1.29 is 4.79 Å². The zero-order chi connectivity index (χ0) is 14.0. The lowest BCUT2D eigenvalue weighted by atomic mass is 10.2. The van der Waals surface area contributed by atoms with Gasteiger partial charge in [0.2, 0.25) is 0 Å². The number of carbonyl (C=O) groups excluding carboxylic acids is 1. The number of pyridine rings is 1. The van der Waals surface area contributed by atoms with Gasteiger partial charge in [-0.25, -0.2) is 9.97 Å². The number of amides is 1. The zero-order valence-corrected chi connectivity index (χ0v) is 13.3. The van der Waals surface area contributed by atoms with Gasteiger partial charge in [-0.1, -0.05) is 0 Å². The molecule has 1 unspecified atom stereocenters. The Bertz CT molecular complexity index is 612. The van der Waals surface area contributed by atoms with Crippen molar-refractivity contribution in [3.05, 3.63) is 44.1 Å². The molecule has 0 bridgehead atoms. The van der Waals surface area contributed by atoms with Gasteiger partial charge in [0, 0.05) is 16.6 Å². The minimum absolute atomic E-state index is 0.0503. The fourth-order valence-corrected chi connectivity index (χ4v) is 3.13. The topological polar surface area (TPSA) is 54.9 Å². The van der Waals surface area contributed by atoms with Crippen LogP contribution in [-0.4, -0.2) is 15.9 Å². The largest absolute Gasteiger partial charge is 0.345 e. The van der Waals surface area contributed by atoms with Crippen LogP contribution in [0.4, 0.5) is 0 Å². The lowest BCUT2D eigenvalue weighted by molar-refractivity contribution is 0.0940. The molecule has 2 heterocycles. The Kier molecular flexibility index (Phi) is 4.31. The maximum absolute atomic E-state index is 12.1. The minimum Gasteiger partial charge on any atom is -0.345 e. The number of aromatic nitrogens is 2. The van der Waals surface area contributed by atoms with E-state index in [0.717, 1.165) is 15.6 Å².